The van der Waals surface area contributed by atoms with E-state index in [2.05, 4.69) is 18.8 Å². The molecule has 0 saturated heterocycles. The average molecular weight is 84.1 g/mol. The Morgan fingerprint density at radius 2 is 2.20 bits per heavy atom. The first-order valence-corrected chi connectivity index (χ1v) is 2.57. The van der Waals surface area contributed by atoms with Crippen molar-refractivity contribution in [1.29, 1.82) is 0 Å². The Morgan fingerprint density at radius 3 is 2.20 bits per heavy atom. The Bertz CT molecular complexity index is 89.8. The minimum absolute atomic E-state index is 1.41. The van der Waals surface area contributed by atoms with Gasteiger partial charge in [-0.3, -0.25) is 0 Å². The lowest BCUT2D eigenvalue weighted by Gasteiger charge is -1.91. The Kier molecular flexibility index (Phi) is 0.590. The zero-order valence-electron chi connectivity index (χ0n) is 3.10. The van der Waals surface area contributed by atoms with Gasteiger partial charge >= 0.3 is 0 Å². The molecule has 1 rings (SSSR count). The molecule has 0 aromatic carbocycles. The van der Waals surface area contributed by atoms with Crippen LogP contribution in [0.5, 0.6) is 0 Å². The van der Waals surface area contributed by atoms with Crippen molar-refractivity contribution in [3.8, 4) is 0 Å². The smallest absolute Gasteiger partial charge is 0.0234 e. The van der Waals surface area contributed by atoms with Gasteiger partial charge in [-0.25, -0.2) is 0 Å². The molecule has 0 bridgehead atoms. The largest absolute Gasteiger partial charge is 0.0732 e. The molecule has 0 aliphatic carbocycles. The summed E-state index contributed by atoms with van der Waals surface area (Å²) in [6.07, 6.45) is 2.13. The lowest BCUT2D eigenvalue weighted by Crippen LogP contribution is -1.69. The van der Waals surface area contributed by atoms with Gasteiger partial charge in [0.05, 0.1) is 0 Å². The highest BCUT2D eigenvalue weighted by Gasteiger charge is 1.83. The van der Waals surface area contributed by atoms with Crippen LogP contribution in [-0.2, 0) is 0 Å². The van der Waals surface area contributed by atoms with E-state index in [4.69, 9.17) is 0 Å². The lowest BCUT2D eigenvalue weighted by molar-refractivity contribution is 1.70. The molecule has 0 nitrogen and oxygen atoms in total. The molecule has 0 atom stereocenters. The SMILES string of the molecule is CC1=CC=P1. The second-order valence-corrected chi connectivity index (χ2v) is 2.35. The van der Waals surface area contributed by atoms with E-state index in [0.717, 1.165) is 0 Å². The summed E-state index contributed by atoms with van der Waals surface area (Å²) in [4.78, 5) is 0. The molecule has 0 aromatic heterocycles. The van der Waals surface area contributed by atoms with E-state index in [1.165, 1.54) is 13.5 Å². The van der Waals surface area contributed by atoms with Gasteiger partial charge in [0.15, 0.2) is 0 Å². The van der Waals surface area contributed by atoms with E-state index in [1.807, 2.05) is 0 Å². The van der Waals surface area contributed by atoms with Gasteiger partial charge in [0, 0.05) is 0 Å². The van der Waals surface area contributed by atoms with Crippen LogP contribution in [0.15, 0.2) is 11.4 Å². The van der Waals surface area contributed by atoms with Crippen molar-refractivity contribution in [2.75, 3.05) is 0 Å². The van der Waals surface area contributed by atoms with Gasteiger partial charge in [-0.2, -0.15) is 0 Å². The summed E-state index contributed by atoms with van der Waals surface area (Å²) in [6.45, 7) is 2.13. The van der Waals surface area contributed by atoms with Gasteiger partial charge in [-0.05, 0) is 18.0 Å². The van der Waals surface area contributed by atoms with Gasteiger partial charge < -0.3 is 0 Å². The molecule has 5 heavy (non-hydrogen) atoms. The fraction of sp³-hybridized carbons (Fsp3) is 0.250. The molecular weight excluding hydrogens is 79.0 g/mol. The molecular formula is C4H5P. The number of rotatable bonds is 0. The Hall–Kier alpha value is -0.0900. The predicted molar refractivity (Wildman–Crippen MR) is 26.7 cm³/mol. The van der Waals surface area contributed by atoms with Crippen LogP contribution in [0.4, 0.5) is 0 Å². The molecule has 0 unspecified atom stereocenters. The Morgan fingerprint density at radius 1 is 1.80 bits per heavy atom. The van der Waals surface area contributed by atoms with Crippen molar-refractivity contribution in [2.45, 2.75) is 6.92 Å². The van der Waals surface area contributed by atoms with Crippen LogP contribution in [0.1, 0.15) is 6.92 Å². The summed E-state index contributed by atoms with van der Waals surface area (Å²) >= 11 is 0. The first-order valence-electron chi connectivity index (χ1n) is 1.60. The van der Waals surface area contributed by atoms with Crippen molar-refractivity contribution in [1.82, 2.24) is 0 Å². The van der Waals surface area contributed by atoms with Crippen molar-refractivity contribution in [2.24, 2.45) is 0 Å². The lowest BCUT2D eigenvalue weighted by atomic mass is 10.6. The third-order valence-electron chi connectivity index (χ3n) is 0.594. The van der Waals surface area contributed by atoms with E-state index < -0.39 is 0 Å². The number of hydrogen-bond acceptors (Lipinski definition) is 0. The summed E-state index contributed by atoms with van der Waals surface area (Å²) in [5.74, 6) is 2.13. The summed E-state index contributed by atoms with van der Waals surface area (Å²) in [5, 5.41) is 1.48. The molecule has 0 N–H and O–H groups in total. The summed E-state index contributed by atoms with van der Waals surface area (Å²) in [5.41, 5.74) is 0. The summed E-state index contributed by atoms with van der Waals surface area (Å²) in [6, 6.07) is 0. The number of allylic oxidation sites excluding steroid dienone is 2. The molecule has 0 amide bonds. The van der Waals surface area contributed by atoms with Gasteiger partial charge in [-0.15, -0.1) is 0 Å². The topological polar surface area (TPSA) is 0 Å². The van der Waals surface area contributed by atoms with E-state index >= 15 is 0 Å². The minimum Gasteiger partial charge on any atom is -0.0732 e. The second-order valence-electron chi connectivity index (χ2n) is 1.09. The molecule has 0 fully saturated rings. The van der Waals surface area contributed by atoms with Gasteiger partial charge in [-0.1, -0.05) is 14.3 Å². The molecule has 1 heterocycles. The zero-order chi connectivity index (χ0) is 3.70. The van der Waals surface area contributed by atoms with Crippen LogP contribution in [0.3, 0.4) is 0 Å². The van der Waals surface area contributed by atoms with E-state index in [0.29, 0.717) is 0 Å². The standard InChI is InChI=1S/C4H5P/c1-4-2-3-5-4/h2-3H,1H3. The molecule has 0 saturated carbocycles. The summed E-state index contributed by atoms with van der Waals surface area (Å²) in [7, 11) is 1.41. The van der Waals surface area contributed by atoms with E-state index in [1.54, 1.807) is 0 Å². The number of hydrogen-bond donors (Lipinski definition) is 0. The first-order chi connectivity index (χ1) is 2.39. The molecule has 1 heteroatoms. The Labute approximate surface area is 33.3 Å². The highest BCUT2D eigenvalue weighted by atomic mass is 31.1. The third kappa shape index (κ3) is 0.408. The first kappa shape index (κ1) is 3.11. The van der Waals surface area contributed by atoms with Crippen molar-refractivity contribution < 1.29 is 0 Å². The fourth-order valence-electron chi connectivity index (χ4n) is 0.224. The highest BCUT2D eigenvalue weighted by molar-refractivity contribution is 7.46. The minimum atomic E-state index is 1.41. The predicted octanol–water partition coefficient (Wildman–Crippen LogP) is 1.65. The van der Waals surface area contributed by atoms with Crippen LogP contribution in [-0.4, -0.2) is 5.80 Å². The van der Waals surface area contributed by atoms with E-state index in [-0.39, 0.29) is 0 Å². The quantitative estimate of drug-likeness (QED) is 0.391. The summed E-state index contributed by atoms with van der Waals surface area (Å²) < 4.78 is 0. The van der Waals surface area contributed by atoms with Crippen LogP contribution < -0.4 is 0 Å². The second kappa shape index (κ2) is 0.948. The van der Waals surface area contributed by atoms with Crippen molar-refractivity contribution in [3.63, 3.8) is 0 Å². The fourth-order valence-corrected chi connectivity index (χ4v) is 0.671. The highest BCUT2D eigenvalue weighted by Crippen LogP contribution is 2.17. The van der Waals surface area contributed by atoms with Crippen molar-refractivity contribution in [3.05, 3.63) is 11.4 Å². The third-order valence-corrected chi connectivity index (χ3v) is 1.45. The molecule has 1 aliphatic rings. The maximum Gasteiger partial charge on any atom is -0.0234 e. The van der Waals surface area contributed by atoms with Gasteiger partial charge in [0.25, 0.3) is 0 Å². The van der Waals surface area contributed by atoms with Crippen LogP contribution >= 0.6 is 8.20 Å². The molecule has 1 aliphatic heterocycles. The molecule has 0 radical (unpaired) electrons. The van der Waals surface area contributed by atoms with E-state index in [9.17, 15) is 0 Å². The van der Waals surface area contributed by atoms with Crippen LogP contribution in [0.25, 0.3) is 0 Å². The van der Waals surface area contributed by atoms with Crippen molar-refractivity contribution >= 4 is 14.0 Å². The van der Waals surface area contributed by atoms with Crippen LogP contribution in [0, 0.1) is 0 Å². The zero-order valence-corrected chi connectivity index (χ0v) is 4.00. The Balaban J connectivity index is 2.60. The molecule has 26 valence electrons. The molecule has 0 spiro atoms. The maximum atomic E-state index is 2.13. The monoisotopic (exact) mass is 84.0 g/mol. The van der Waals surface area contributed by atoms with Gasteiger partial charge in [0.1, 0.15) is 0 Å². The normalized spacial score (nSPS) is 20.6. The van der Waals surface area contributed by atoms with Crippen LogP contribution in [0.2, 0.25) is 0 Å². The maximum absolute atomic E-state index is 2.13. The molecule has 0 aromatic rings. The van der Waals surface area contributed by atoms with Gasteiger partial charge in [0.2, 0.25) is 0 Å². The average Bonchev–Trinajstić information content (AvgIpc) is 1.30.